The molecular formula is C23H33N. The Bertz CT molecular complexity index is 646. The molecule has 2 rings (SSSR count). The summed E-state index contributed by atoms with van der Waals surface area (Å²) in [6, 6.07) is 17.7. The SMILES string of the molecule is CCC[C@@H](C)Cc1ccccc1[C@](C)(NCC)c1ccccc1C. The van der Waals surface area contributed by atoms with Crippen LogP contribution in [0, 0.1) is 12.8 Å². The van der Waals surface area contributed by atoms with Crippen molar-refractivity contribution in [3.63, 3.8) is 0 Å². The molecule has 130 valence electrons. The molecule has 1 N–H and O–H groups in total. The molecule has 0 bridgehead atoms. The van der Waals surface area contributed by atoms with Crippen LogP contribution in [-0.4, -0.2) is 6.54 Å². The predicted molar refractivity (Wildman–Crippen MR) is 106 cm³/mol. The summed E-state index contributed by atoms with van der Waals surface area (Å²) in [5, 5.41) is 3.78. The highest BCUT2D eigenvalue weighted by atomic mass is 15.0. The van der Waals surface area contributed by atoms with Gasteiger partial charge in [0.25, 0.3) is 0 Å². The molecule has 0 amide bonds. The fraction of sp³-hybridized carbons (Fsp3) is 0.478. The molecule has 2 aromatic carbocycles. The molecule has 0 heterocycles. The fourth-order valence-corrected chi connectivity index (χ4v) is 3.98. The van der Waals surface area contributed by atoms with Gasteiger partial charge in [0.15, 0.2) is 0 Å². The monoisotopic (exact) mass is 323 g/mol. The van der Waals surface area contributed by atoms with E-state index < -0.39 is 0 Å². The lowest BCUT2D eigenvalue weighted by Gasteiger charge is -2.35. The van der Waals surface area contributed by atoms with Gasteiger partial charge in [0.2, 0.25) is 0 Å². The van der Waals surface area contributed by atoms with Crippen molar-refractivity contribution in [3.8, 4) is 0 Å². The normalized spacial score (nSPS) is 15.0. The van der Waals surface area contributed by atoms with Crippen LogP contribution in [0.2, 0.25) is 0 Å². The van der Waals surface area contributed by atoms with E-state index in [0.717, 1.165) is 18.9 Å². The molecule has 1 heteroatoms. The summed E-state index contributed by atoms with van der Waals surface area (Å²) in [4.78, 5) is 0. The minimum absolute atomic E-state index is 0.150. The molecule has 2 aromatic rings. The van der Waals surface area contributed by atoms with Gasteiger partial charge in [-0.3, -0.25) is 0 Å². The molecule has 0 fully saturated rings. The van der Waals surface area contributed by atoms with Gasteiger partial charge in [-0.25, -0.2) is 0 Å². The summed E-state index contributed by atoms with van der Waals surface area (Å²) in [6.45, 7) is 12.3. The van der Waals surface area contributed by atoms with Crippen molar-refractivity contribution in [1.29, 1.82) is 0 Å². The van der Waals surface area contributed by atoms with E-state index >= 15 is 0 Å². The quantitative estimate of drug-likeness (QED) is 0.643. The minimum atomic E-state index is -0.150. The lowest BCUT2D eigenvalue weighted by atomic mass is 9.78. The van der Waals surface area contributed by atoms with Crippen LogP contribution in [0.15, 0.2) is 48.5 Å². The lowest BCUT2D eigenvalue weighted by Crippen LogP contribution is -2.42. The summed E-state index contributed by atoms with van der Waals surface area (Å²) < 4.78 is 0. The number of hydrogen-bond donors (Lipinski definition) is 1. The van der Waals surface area contributed by atoms with E-state index in [2.05, 4.69) is 88.5 Å². The Morgan fingerprint density at radius 3 is 2.21 bits per heavy atom. The van der Waals surface area contributed by atoms with Gasteiger partial charge < -0.3 is 5.32 Å². The summed E-state index contributed by atoms with van der Waals surface area (Å²) in [5.41, 5.74) is 5.47. The van der Waals surface area contributed by atoms with Gasteiger partial charge in [-0.05, 0) is 55.0 Å². The topological polar surface area (TPSA) is 12.0 Å². The minimum Gasteiger partial charge on any atom is -0.304 e. The molecule has 0 aliphatic carbocycles. The second-order valence-corrected chi connectivity index (χ2v) is 7.23. The van der Waals surface area contributed by atoms with Gasteiger partial charge >= 0.3 is 0 Å². The highest BCUT2D eigenvalue weighted by Gasteiger charge is 2.31. The van der Waals surface area contributed by atoms with Crippen molar-refractivity contribution in [2.45, 2.75) is 59.4 Å². The number of nitrogens with one attached hydrogen (secondary N) is 1. The molecule has 0 saturated carbocycles. The Labute approximate surface area is 148 Å². The van der Waals surface area contributed by atoms with Crippen LogP contribution in [-0.2, 0) is 12.0 Å². The van der Waals surface area contributed by atoms with Gasteiger partial charge in [0, 0.05) is 0 Å². The van der Waals surface area contributed by atoms with E-state index in [1.165, 1.54) is 35.1 Å². The van der Waals surface area contributed by atoms with Crippen LogP contribution in [0.5, 0.6) is 0 Å². The molecule has 0 aliphatic heterocycles. The maximum Gasteiger partial charge on any atom is 0.0667 e. The molecule has 0 radical (unpaired) electrons. The van der Waals surface area contributed by atoms with Crippen LogP contribution in [0.1, 0.15) is 62.8 Å². The summed E-state index contributed by atoms with van der Waals surface area (Å²) in [7, 11) is 0. The third kappa shape index (κ3) is 4.08. The number of hydrogen-bond acceptors (Lipinski definition) is 1. The van der Waals surface area contributed by atoms with Crippen LogP contribution in [0.4, 0.5) is 0 Å². The Hall–Kier alpha value is -1.60. The zero-order valence-corrected chi connectivity index (χ0v) is 16.0. The maximum absolute atomic E-state index is 3.78. The van der Waals surface area contributed by atoms with Crippen molar-refractivity contribution >= 4 is 0 Å². The van der Waals surface area contributed by atoms with Crippen LogP contribution >= 0.6 is 0 Å². The zero-order valence-electron chi connectivity index (χ0n) is 16.0. The molecule has 0 spiro atoms. The summed E-state index contributed by atoms with van der Waals surface area (Å²) in [6.07, 6.45) is 3.69. The van der Waals surface area contributed by atoms with Crippen LogP contribution in [0.25, 0.3) is 0 Å². The second-order valence-electron chi connectivity index (χ2n) is 7.23. The molecule has 0 saturated heterocycles. The summed E-state index contributed by atoms with van der Waals surface area (Å²) in [5.74, 6) is 0.721. The first-order valence-electron chi connectivity index (χ1n) is 9.42. The van der Waals surface area contributed by atoms with Gasteiger partial charge in [-0.15, -0.1) is 0 Å². The Balaban J connectivity index is 2.50. The van der Waals surface area contributed by atoms with Gasteiger partial charge in [0.1, 0.15) is 0 Å². The first-order valence-corrected chi connectivity index (χ1v) is 9.42. The Morgan fingerprint density at radius 2 is 1.58 bits per heavy atom. The predicted octanol–water partition coefficient (Wildman–Crippen LogP) is 5.85. The van der Waals surface area contributed by atoms with Crippen molar-refractivity contribution in [1.82, 2.24) is 5.32 Å². The van der Waals surface area contributed by atoms with Crippen LogP contribution < -0.4 is 5.32 Å². The van der Waals surface area contributed by atoms with E-state index in [0.29, 0.717) is 0 Å². The highest BCUT2D eigenvalue weighted by molar-refractivity contribution is 5.45. The first-order chi connectivity index (χ1) is 11.5. The van der Waals surface area contributed by atoms with Crippen molar-refractivity contribution < 1.29 is 0 Å². The second kappa shape index (κ2) is 8.48. The molecule has 0 aliphatic rings. The van der Waals surface area contributed by atoms with Crippen molar-refractivity contribution in [3.05, 3.63) is 70.8 Å². The largest absolute Gasteiger partial charge is 0.304 e. The van der Waals surface area contributed by atoms with Crippen LogP contribution in [0.3, 0.4) is 0 Å². The number of rotatable bonds is 8. The van der Waals surface area contributed by atoms with Crippen molar-refractivity contribution in [2.24, 2.45) is 5.92 Å². The first kappa shape index (κ1) is 18.7. The number of aryl methyl sites for hydroxylation is 1. The van der Waals surface area contributed by atoms with E-state index in [9.17, 15) is 0 Å². The van der Waals surface area contributed by atoms with Crippen molar-refractivity contribution in [2.75, 3.05) is 6.54 Å². The maximum atomic E-state index is 3.78. The molecule has 0 unspecified atom stereocenters. The van der Waals surface area contributed by atoms with E-state index in [-0.39, 0.29) is 5.54 Å². The smallest absolute Gasteiger partial charge is 0.0667 e. The standard InChI is InChI=1S/C23H33N/c1-6-12-18(3)17-20-14-9-11-16-22(20)23(5,24-7-2)21-15-10-8-13-19(21)4/h8-11,13-16,18,24H,6-7,12,17H2,1-5H3/t18-,23-/m1/s1. The molecule has 24 heavy (non-hydrogen) atoms. The van der Waals surface area contributed by atoms with E-state index in [1.54, 1.807) is 0 Å². The Kier molecular flexibility index (Phi) is 6.62. The molecule has 0 aromatic heterocycles. The molecule has 2 atom stereocenters. The molecular weight excluding hydrogens is 290 g/mol. The highest BCUT2D eigenvalue weighted by Crippen LogP contribution is 2.34. The average molecular weight is 324 g/mol. The zero-order chi connectivity index (χ0) is 17.6. The van der Waals surface area contributed by atoms with E-state index in [1.807, 2.05) is 0 Å². The number of benzene rings is 2. The average Bonchev–Trinajstić information content (AvgIpc) is 2.56. The molecule has 1 nitrogen and oxygen atoms in total. The van der Waals surface area contributed by atoms with Gasteiger partial charge in [-0.1, -0.05) is 82.1 Å². The van der Waals surface area contributed by atoms with Gasteiger partial charge in [-0.2, -0.15) is 0 Å². The fourth-order valence-electron chi connectivity index (χ4n) is 3.98. The summed E-state index contributed by atoms with van der Waals surface area (Å²) >= 11 is 0. The van der Waals surface area contributed by atoms with Gasteiger partial charge in [0.05, 0.1) is 5.54 Å². The third-order valence-electron chi connectivity index (χ3n) is 5.12. The third-order valence-corrected chi connectivity index (χ3v) is 5.12. The lowest BCUT2D eigenvalue weighted by molar-refractivity contribution is 0.439. The Morgan fingerprint density at radius 1 is 0.958 bits per heavy atom. The van der Waals surface area contributed by atoms with E-state index in [4.69, 9.17) is 0 Å².